The van der Waals surface area contributed by atoms with Gasteiger partial charge in [0.2, 0.25) is 5.91 Å². The second kappa shape index (κ2) is 5.95. The lowest BCUT2D eigenvalue weighted by atomic mass is 10.1. The highest BCUT2D eigenvalue weighted by Gasteiger charge is 2.29. The first-order valence-electron chi connectivity index (χ1n) is 7.59. The van der Waals surface area contributed by atoms with E-state index in [2.05, 4.69) is 10.3 Å². The summed E-state index contributed by atoms with van der Waals surface area (Å²) >= 11 is 0. The van der Waals surface area contributed by atoms with Gasteiger partial charge in [-0.25, -0.2) is 4.98 Å². The highest BCUT2D eigenvalue weighted by Crippen LogP contribution is 2.35. The number of carbonyl (C=O) groups is 1. The summed E-state index contributed by atoms with van der Waals surface area (Å²) in [6.45, 7) is 2.76. The van der Waals surface area contributed by atoms with Crippen LogP contribution in [-0.2, 0) is 4.79 Å². The number of nitrogens with zero attached hydrogens (tertiary/aromatic N) is 2. The summed E-state index contributed by atoms with van der Waals surface area (Å²) in [6, 6.07) is 5.43. The Hall–Kier alpha value is -2.50. The number of anilines is 1. The molecule has 0 radical (unpaired) electrons. The van der Waals surface area contributed by atoms with Crippen LogP contribution in [0.5, 0.6) is 11.5 Å². The SMILES string of the molecule is COc1ccc(OC)c2c(C)cc(N[C@H]3CCN(C)C3=O)nc12. The van der Waals surface area contributed by atoms with Gasteiger partial charge in [0, 0.05) is 19.0 Å². The molecule has 1 aliphatic rings. The summed E-state index contributed by atoms with van der Waals surface area (Å²) in [5, 5.41) is 4.17. The maximum Gasteiger partial charge on any atom is 0.244 e. The molecular weight excluding hydrogens is 294 g/mol. The van der Waals surface area contributed by atoms with Crippen molar-refractivity contribution in [2.45, 2.75) is 19.4 Å². The van der Waals surface area contributed by atoms with Crippen molar-refractivity contribution < 1.29 is 14.3 Å². The summed E-state index contributed by atoms with van der Waals surface area (Å²) in [6.07, 6.45) is 0.781. The van der Waals surface area contributed by atoms with Gasteiger partial charge < -0.3 is 19.7 Å². The summed E-state index contributed by atoms with van der Waals surface area (Å²) in [5.41, 5.74) is 1.75. The average molecular weight is 315 g/mol. The molecule has 1 atom stereocenters. The lowest BCUT2D eigenvalue weighted by molar-refractivity contribution is -0.127. The summed E-state index contributed by atoms with van der Waals surface area (Å²) in [5.74, 6) is 2.22. The quantitative estimate of drug-likeness (QED) is 0.937. The summed E-state index contributed by atoms with van der Waals surface area (Å²) in [4.78, 5) is 18.5. The molecule has 1 aliphatic heterocycles. The van der Waals surface area contributed by atoms with Crippen molar-refractivity contribution in [3.05, 3.63) is 23.8 Å². The van der Waals surface area contributed by atoms with E-state index in [4.69, 9.17) is 9.47 Å². The van der Waals surface area contributed by atoms with Crippen molar-refractivity contribution in [3.63, 3.8) is 0 Å². The number of ether oxygens (including phenoxy) is 2. The summed E-state index contributed by atoms with van der Waals surface area (Å²) < 4.78 is 10.9. The van der Waals surface area contributed by atoms with Crippen molar-refractivity contribution in [2.75, 3.05) is 33.1 Å². The molecule has 1 aromatic carbocycles. The molecule has 6 nitrogen and oxygen atoms in total. The molecule has 0 spiro atoms. The second-order valence-corrected chi connectivity index (χ2v) is 5.76. The first kappa shape index (κ1) is 15.4. The lowest BCUT2D eigenvalue weighted by Gasteiger charge is -2.16. The molecule has 1 aromatic heterocycles. The van der Waals surface area contributed by atoms with Gasteiger partial charge in [0.25, 0.3) is 0 Å². The number of pyridine rings is 1. The fourth-order valence-electron chi connectivity index (χ4n) is 3.02. The molecule has 2 heterocycles. The third-order valence-electron chi connectivity index (χ3n) is 4.27. The first-order chi connectivity index (χ1) is 11.0. The zero-order valence-corrected chi connectivity index (χ0v) is 13.8. The third-order valence-corrected chi connectivity index (χ3v) is 4.27. The zero-order valence-electron chi connectivity index (χ0n) is 13.8. The minimum atomic E-state index is -0.221. The number of likely N-dealkylation sites (tertiary alicyclic amines) is 1. The molecule has 122 valence electrons. The monoisotopic (exact) mass is 315 g/mol. The number of hydrogen-bond donors (Lipinski definition) is 1. The maximum absolute atomic E-state index is 12.1. The van der Waals surface area contributed by atoms with Crippen LogP contribution in [0.2, 0.25) is 0 Å². The van der Waals surface area contributed by atoms with Gasteiger partial charge in [-0.3, -0.25) is 4.79 Å². The van der Waals surface area contributed by atoms with Gasteiger partial charge in [0.15, 0.2) is 0 Å². The van der Waals surface area contributed by atoms with Crippen LogP contribution >= 0.6 is 0 Å². The fraction of sp³-hybridized carbons (Fsp3) is 0.412. The molecular formula is C17H21N3O3. The Morgan fingerprint density at radius 2 is 1.96 bits per heavy atom. The Morgan fingerprint density at radius 1 is 1.26 bits per heavy atom. The van der Waals surface area contributed by atoms with E-state index in [1.165, 1.54) is 0 Å². The van der Waals surface area contributed by atoms with Gasteiger partial charge in [0.05, 0.1) is 14.2 Å². The highest BCUT2D eigenvalue weighted by atomic mass is 16.5. The zero-order chi connectivity index (χ0) is 16.6. The van der Waals surface area contributed by atoms with Crippen LogP contribution < -0.4 is 14.8 Å². The molecule has 1 fully saturated rings. The molecule has 1 saturated heterocycles. The number of carbonyl (C=O) groups excluding carboxylic acids is 1. The number of fused-ring (bicyclic) bond motifs is 1. The Labute approximate surface area is 135 Å². The van der Waals surface area contributed by atoms with Crippen LogP contribution in [0.3, 0.4) is 0 Å². The molecule has 0 aliphatic carbocycles. The molecule has 0 unspecified atom stereocenters. The highest BCUT2D eigenvalue weighted by molar-refractivity contribution is 5.94. The molecule has 3 rings (SSSR count). The predicted molar refractivity (Wildman–Crippen MR) is 89.2 cm³/mol. The lowest BCUT2D eigenvalue weighted by Crippen LogP contribution is -2.31. The van der Waals surface area contributed by atoms with Crippen molar-refractivity contribution in [1.29, 1.82) is 0 Å². The number of aryl methyl sites for hydroxylation is 1. The largest absolute Gasteiger partial charge is 0.496 e. The third kappa shape index (κ3) is 2.65. The van der Waals surface area contributed by atoms with Gasteiger partial charge in [-0.15, -0.1) is 0 Å². The van der Waals surface area contributed by atoms with Crippen LogP contribution in [0.25, 0.3) is 10.9 Å². The second-order valence-electron chi connectivity index (χ2n) is 5.76. The maximum atomic E-state index is 12.1. The smallest absolute Gasteiger partial charge is 0.244 e. The molecule has 0 bridgehead atoms. The van der Waals surface area contributed by atoms with E-state index in [0.29, 0.717) is 11.6 Å². The van der Waals surface area contributed by atoms with Crippen molar-refractivity contribution in [3.8, 4) is 11.5 Å². The molecule has 2 aromatic rings. The fourth-order valence-corrected chi connectivity index (χ4v) is 3.02. The van der Waals surface area contributed by atoms with Crippen LogP contribution in [0, 0.1) is 6.92 Å². The van der Waals surface area contributed by atoms with E-state index in [1.54, 1.807) is 19.1 Å². The molecule has 0 saturated carbocycles. The van der Waals surface area contributed by atoms with E-state index < -0.39 is 0 Å². The molecule has 6 heteroatoms. The first-order valence-corrected chi connectivity index (χ1v) is 7.59. The molecule has 1 amide bonds. The van der Waals surface area contributed by atoms with E-state index in [9.17, 15) is 4.79 Å². The Bertz CT molecular complexity index is 760. The number of methoxy groups -OCH3 is 2. The minimum Gasteiger partial charge on any atom is -0.496 e. The number of rotatable bonds is 4. The average Bonchev–Trinajstić information content (AvgIpc) is 2.86. The van der Waals surface area contributed by atoms with E-state index >= 15 is 0 Å². The van der Waals surface area contributed by atoms with Gasteiger partial charge in [-0.1, -0.05) is 0 Å². The Kier molecular flexibility index (Phi) is 3.98. The van der Waals surface area contributed by atoms with Gasteiger partial charge in [-0.2, -0.15) is 0 Å². The van der Waals surface area contributed by atoms with Crippen molar-refractivity contribution >= 4 is 22.6 Å². The van der Waals surface area contributed by atoms with E-state index in [1.807, 2.05) is 32.2 Å². The Morgan fingerprint density at radius 3 is 2.57 bits per heavy atom. The standard InChI is InChI=1S/C17H21N3O3/c1-10-9-14(18-11-7-8-20(2)17(11)21)19-16-13(23-4)6-5-12(22-3)15(10)16/h5-6,9,11H,7-8H2,1-4H3,(H,18,19)/t11-/m0/s1. The van der Waals surface area contributed by atoms with Crippen LogP contribution in [-0.4, -0.2) is 49.6 Å². The minimum absolute atomic E-state index is 0.0992. The van der Waals surface area contributed by atoms with E-state index in [0.717, 1.165) is 35.2 Å². The van der Waals surface area contributed by atoms with Crippen LogP contribution in [0.15, 0.2) is 18.2 Å². The van der Waals surface area contributed by atoms with Crippen molar-refractivity contribution in [1.82, 2.24) is 9.88 Å². The van der Waals surface area contributed by atoms with Gasteiger partial charge >= 0.3 is 0 Å². The van der Waals surface area contributed by atoms with Crippen LogP contribution in [0.4, 0.5) is 5.82 Å². The number of hydrogen-bond acceptors (Lipinski definition) is 5. The number of amides is 1. The van der Waals surface area contributed by atoms with E-state index in [-0.39, 0.29) is 11.9 Å². The number of aromatic nitrogens is 1. The normalized spacial score (nSPS) is 17.7. The topological polar surface area (TPSA) is 63.7 Å². The summed E-state index contributed by atoms with van der Waals surface area (Å²) in [7, 11) is 5.07. The number of nitrogens with one attached hydrogen (secondary N) is 1. The number of benzene rings is 1. The molecule has 1 N–H and O–H groups in total. The predicted octanol–water partition coefficient (Wildman–Crippen LogP) is 2.20. The van der Waals surface area contributed by atoms with Gasteiger partial charge in [0.1, 0.15) is 28.9 Å². The Balaban J connectivity index is 2.05. The van der Waals surface area contributed by atoms with Crippen molar-refractivity contribution in [2.24, 2.45) is 0 Å². The van der Waals surface area contributed by atoms with Gasteiger partial charge in [-0.05, 0) is 37.1 Å². The number of likely N-dealkylation sites (N-methyl/N-ethyl adjacent to an activating group) is 1. The van der Waals surface area contributed by atoms with Crippen LogP contribution in [0.1, 0.15) is 12.0 Å². The molecule has 23 heavy (non-hydrogen) atoms.